The predicted molar refractivity (Wildman–Crippen MR) is 48.0 cm³/mol. The van der Waals surface area contributed by atoms with Crippen molar-refractivity contribution < 1.29 is 17.9 Å². The Bertz CT molecular complexity index is 208. The highest BCUT2D eigenvalue weighted by molar-refractivity contribution is 5.11. The maximum Gasteiger partial charge on any atom is 0.392 e. The van der Waals surface area contributed by atoms with Crippen LogP contribution in [0.15, 0.2) is 11.6 Å². The molecular weight excluding hydrogens is 193 g/mol. The molecule has 0 aliphatic heterocycles. The lowest BCUT2D eigenvalue weighted by molar-refractivity contribution is -0.129. The molecule has 82 valence electrons. The van der Waals surface area contributed by atoms with E-state index in [1.807, 2.05) is 0 Å². The highest BCUT2D eigenvalue weighted by atomic mass is 19.4. The Labute approximate surface area is 81.9 Å². The lowest BCUT2D eigenvalue weighted by Gasteiger charge is -2.24. The fraction of sp³-hybridized carbons (Fsp3) is 0.800. The first-order valence-electron chi connectivity index (χ1n) is 4.77. The van der Waals surface area contributed by atoms with Crippen LogP contribution in [0, 0.1) is 5.92 Å². The van der Waals surface area contributed by atoms with E-state index in [0.29, 0.717) is 12.2 Å². The molecule has 0 aromatic carbocycles. The summed E-state index contributed by atoms with van der Waals surface area (Å²) < 4.78 is 41.4. The third kappa shape index (κ3) is 3.70. The van der Waals surface area contributed by atoms with Gasteiger partial charge in [0.25, 0.3) is 0 Å². The minimum absolute atomic E-state index is 0.0321. The van der Waals surface area contributed by atoms with Crippen molar-refractivity contribution in [1.29, 1.82) is 0 Å². The average molecular weight is 208 g/mol. The second-order valence-corrected chi connectivity index (χ2v) is 3.65. The van der Waals surface area contributed by atoms with E-state index in [2.05, 4.69) is 0 Å². The van der Waals surface area contributed by atoms with Crippen LogP contribution < -0.4 is 0 Å². The normalized spacial score (nSPS) is 23.4. The first-order valence-corrected chi connectivity index (χ1v) is 4.77. The smallest absolute Gasteiger partial charge is 0.384 e. The van der Waals surface area contributed by atoms with Crippen molar-refractivity contribution in [1.82, 2.24) is 0 Å². The number of allylic oxidation sites excluding steroid dienone is 1. The molecule has 0 N–H and O–H groups in total. The van der Waals surface area contributed by atoms with Gasteiger partial charge in [0.2, 0.25) is 0 Å². The SMILES string of the molecule is COC[C@@H]1CCCC=C1CC(F)(F)F. The van der Waals surface area contributed by atoms with E-state index in [1.165, 1.54) is 7.11 Å². The van der Waals surface area contributed by atoms with Crippen LogP contribution in [0.4, 0.5) is 13.2 Å². The van der Waals surface area contributed by atoms with Gasteiger partial charge in [-0.2, -0.15) is 13.2 Å². The molecule has 14 heavy (non-hydrogen) atoms. The molecule has 0 bridgehead atoms. The minimum Gasteiger partial charge on any atom is -0.384 e. The lowest BCUT2D eigenvalue weighted by Crippen LogP contribution is -2.19. The van der Waals surface area contributed by atoms with Crippen LogP contribution >= 0.6 is 0 Å². The van der Waals surface area contributed by atoms with Crippen LogP contribution in [0.2, 0.25) is 0 Å². The quantitative estimate of drug-likeness (QED) is 0.646. The van der Waals surface area contributed by atoms with Crippen LogP contribution in [0.1, 0.15) is 25.7 Å². The standard InChI is InChI=1S/C10H15F3O/c1-14-7-9-5-3-2-4-8(9)6-10(11,12)13/h4,9H,2-3,5-7H2,1H3/t9-/m0/s1. The molecule has 1 atom stereocenters. The summed E-state index contributed by atoms with van der Waals surface area (Å²) >= 11 is 0. The number of ether oxygens (including phenoxy) is 1. The molecule has 1 rings (SSSR count). The summed E-state index contributed by atoms with van der Waals surface area (Å²) in [5.41, 5.74) is 0.505. The molecule has 0 saturated carbocycles. The summed E-state index contributed by atoms with van der Waals surface area (Å²) in [7, 11) is 1.53. The topological polar surface area (TPSA) is 9.23 Å². The third-order valence-corrected chi connectivity index (χ3v) is 2.46. The number of halogens is 3. The summed E-state index contributed by atoms with van der Waals surface area (Å²) in [5.74, 6) is -0.0321. The van der Waals surface area contributed by atoms with Gasteiger partial charge in [-0.05, 0) is 19.3 Å². The molecular formula is C10H15F3O. The zero-order chi connectivity index (χ0) is 10.6. The molecule has 0 amide bonds. The predicted octanol–water partition coefficient (Wildman–Crippen LogP) is 3.31. The highest BCUT2D eigenvalue weighted by Crippen LogP contribution is 2.34. The van der Waals surface area contributed by atoms with E-state index in [-0.39, 0.29) is 5.92 Å². The number of alkyl halides is 3. The molecule has 0 saturated heterocycles. The Balaban J connectivity index is 2.58. The van der Waals surface area contributed by atoms with Gasteiger partial charge < -0.3 is 4.74 Å². The van der Waals surface area contributed by atoms with E-state index < -0.39 is 12.6 Å². The number of hydrogen-bond acceptors (Lipinski definition) is 1. The van der Waals surface area contributed by atoms with Crippen LogP contribution in [0.3, 0.4) is 0 Å². The van der Waals surface area contributed by atoms with Crippen molar-refractivity contribution in [3.63, 3.8) is 0 Å². The molecule has 1 aliphatic rings. The van der Waals surface area contributed by atoms with Gasteiger partial charge in [-0.15, -0.1) is 0 Å². The Hall–Kier alpha value is -0.510. The first kappa shape index (κ1) is 11.6. The minimum atomic E-state index is -4.09. The van der Waals surface area contributed by atoms with Gasteiger partial charge in [-0.3, -0.25) is 0 Å². The molecule has 0 aromatic heterocycles. The highest BCUT2D eigenvalue weighted by Gasteiger charge is 2.32. The van der Waals surface area contributed by atoms with E-state index >= 15 is 0 Å². The fourth-order valence-corrected chi connectivity index (χ4v) is 1.84. The number of hydrogen-bond donors (Lipinski definition) is 0. The van der Waals surface area contributed by atoms with E-state index in [0.717, 1.165) is 19.3 Å². The summed E-state index contributed by atoms with van der Waals surface area (Å²) in [4.78, 5) is 0. The van der Waals surface area contributed by atoms with Crippen molar-refractivity contribution in [2.45, 2.75) is 31.9 Å². The molecule has 0 fully saturated rings. The largest absolute Gasteiger partial charge is 0.392 e. The van der Waals surface area contributed by atoms with Crippen molar-refractivity contribution in [3.05, 3.63) is 11.6 Å². The molecule has 0 unspecified atom stereocenters. The van der Waals surface area contributed by atoms with Crippen molar-refractivity contribution in [2.24, 2.45) is 5.92 Å². The van der Waals surface area contributed by atoms with E-state index in [9.17, 15) is 13.2 Å². The summed E-state index contributed by atoms with van der Waals surface area (Å²) in [5, 5.41) is 0. The Morgan fingerprint density at radius 2 is 2.21 bits per heavy atom. The van der Waals surface area contributed by atoms with Gasteiger partial charge in [0, 0.05) is 13.0 Å². The average Bonchev–Trinajstić information content (AvgIpc) is 2.06. The number of methoxy groups -OCH3 is 1. The molecule has 0 spiro atoms. The molecule has 1 aliphatic carbocycles. The Morgan fingerprint density at radius 1 is 1.50 bits per heavy atom. The zero-order valence-electron chi connectivity index (χ0n) is 8.23. The molecule has 1 nitrogen and oxygen atoms in total. The van der Waals surface area contributed by atoms with Gasteiger partial charge in [0.1, 0.15) is 0 Å². The van der Waals surface area contributed by atoms with Crippen molar-refractivity contribution in [3.8, 4) is 0 Å². The first-order chi connectivity index (χ1) is 6.53. The molecule has 4 heteroatoms. The second-order valence-electron chi connectivity index (χ2n) is 3.65. The summed E-state index contributed by atoms with van der Waals surface area (Å²) in [6.07, 6.45) is -0.590. The third-order valence-electron chi connectivity index (χ3n) is 2.46. The van der Waals surface area contributed by atoms with Gasteiger partial charge in [-0.25, -0.2) is 0 Å². The second kappa shape index (κ2) is 4.82. The van der Waals surface area contributed by atoms with Gasteiger partial charge in [0.05, 0.1) is 13.0 Å². The summed E-state index contributed by atoms with van der Waals surface area (Å²) in [6.45, 7) is 0.405. The van der Waals surface area contributed by atoms with Gasteiger partial charge >= 0.3 is 6.18 Å². The fourth-order valence-electron chi connectivity index (χ4n) is 1.84. The number of rotatable bonds is 3. The molecule has 0 radical (unpaired) electrons. The van der Waals surface area contributed by atoms with Crippen molar-refractivity contribution in [2.75, 3.05) is 13.7 Å². The van der Waals surface area contributed by atoms with Crippen molar-refractivity contribution >= 4 is 0 Å². The van der Waals surface area contributed by atoms with E-state index in [4.69, 9.17) is 4.74 Å². The molecule has 0 heterocycles. The monoisotopic (exact) mass is 208 g/mol. The van der Waals surface area contributed by atoms with Crippen LogP contribution in [0.5, 0.6) is 0 Å². The van der Waals surface area contributed by atoms with E-state index in [1.54, 1.807) is 6.08 Å². The zero-order valence-corrected chi connectivity index (χ0v) is 8.23. The van der Waals surface area contributed by atoms with Crippen LogP contribution in [-0.2, 0) is 4.74 Å². The van der Waals surface area contributed by atoms with Gasteiger partial charge in [0.15, 0.2) is 0 Å². The molecule has 0 aromatic rings. The Morgan fingerprint density at radius 3 is 2.79 bits per heavy atom. The maximum absolute atomic E-state index is 12.2. The Kier molecular flexibility index (Phi) is 3.98. The van der Waals surface area contributed by atoms with Crippen LogP contribution in [0.25, 0.3) is 0 Å². The summed E-state index contributed by atoms with van der Waals surface area (Å²) in [6, 6.07) is 0. The van der Waals surface area contributed by atoms with Gasteiger partial charge in [-0.1, -0.05) is 11.6 Å². The maximum atomic E-state index is 12.2. The van der Waals surface area contributed by atoms with Crippen LogP contribution in [-0.4, -0.2) is 19.9 Å². The lowest BCUT2D eigenvalue weighted by atomic mass is 9.86.